The molecule has 2 heterocycles. The average molecular weight is 244 g/mol. The van der Waals surface area contributed by atoms with Gasteiger partial charge in [0.1, 0.15) is 6.07 Å². The minimum Gasteiger partial charge on any atom is -0.351 e. The summed E-state index contributed by atoms with van der Waals surface area (Å²) in [5.74, 6) is 1.39. The second kappa shape index (κ2) is 4.77. The Kier molecular flexibility index (Phi) is 2.97. The van der Waals surface area contributed by atoms with Crippen LogP contribution < -0.4 is 10.2 Å². The SMILES string of the molecule is N#Cc1nc(NC2CC2)nc(N2CCCCC2)n1. The third kappa shape index (κ3) is 2.50. The summed E-state index contributed by atoms with van der Waals surface area (Å²) in [4.78, 5) is 14.9. The number of nitrogens with zero attached hydrogens (tertiary/aromatic N) is 5. The number of hydrogen-bond donors (Lipinski definition) is 1. The molecule has 6 heteroatoms. The number of aromatic nitrogens is 3. The van der Waals surface area contributed by atoms with Crippen LogP contribution in [0.5, 0.6) is 0 Å². The molecule has 94 valence electrons. The van der Waals surface area contributed by atoms with Crippen molar-refractivity contribution in [1.29, 1.82) is 5.26 Å². The van der Waals surface area contributed by atoms with Gasteiger partial charge in [0.2, 0.25) is 17.7 Å². The van der Waals surface area contributed by atoms with Crippen LogP contribution in [0.25, 0.3) is 0 Å². The van der Waals surface area contributed by atoms with Crippen LogP contribution in [-0.2, 0) is 0 Å². The average Bonchev–Trinajstić information content (AvgIpc) is 3.23. The highest BCUT2D eigenvalue weighted by atomic mass is 15.3. The second-order valence-corrected chi connectivity index (χ2v) is 4.86. The molecule has 0 atom stereocenters. The Morgan fingerprint density at radius 3 is 2.56 bits per heavy atom. The van der Waals surface area contributed by atoms with Gasteiger partial charge in [-0.3, -0.25) is 0 Å². The first-order chi connectivity index (χ1) is 8.85. The van der Waals surface area contributed by atoms with Crippen LogP contribution in [0.3, 0.4) is 0 Å². The predicted molar refractivity (Wildman–Crippen MR) is 67.3 cm³/mol. The van der Waals surface area contributed by atoms with E-state index in [4.69, 9.17) is 5.26 Å². The first kappa shape index (κ1) is 11.2. The van der Waals surface area contributed by atoms with Crippen molar-refractivity contribution in [2.24, 2.45) is 0 Å². The zero-order valence-electron chi connectivity index (χ0n) is 10.3. The van der Waals surface area contributed by atoms with E-state index >= 15 is 0 Å². The highest BCUT2D eigenvalue weighted by Gasteiger charge is 2.23. The predicted octanol–water partition coefficient (Wildman–Crippen LogP) is 1.31. The van der Waals surface area contributed by atoms with Gasteiger partial charge in [0.05, 0.1) is 0 Å². The summed E-state index contributed by atoms with van der Waals surface area (Å²) in [6, 6.07) is 2.49. The third-order valence-electron chi connectivity index (χ3n) is 3.27. The van der Waals surface area contributed by atoms with Gasteiger partial charge in [0.25, 0.3) is 0 Å². The summed E-state index contributed by atoms with van der Waals surface area (Å²) in [6.07, 6.45) is 5.91. The van der Waals surface area contributed by atoms with E-state index in [-0.39, 0.29) is 5.82 Å². The van der Waals surface area contributed by atoms with E-state index < -0.39 is 0 Å². The van der Waals surface area contributed by atoms with Gasteiger partial charge in [-0.1, -0.05) is 0 Å². The van der Waals surface area contributed by atoms with Crippen LogP contribution in [0.4, 0.5) is 11.9 Å². The van der Waals surface area contributed by atoms with Gasteiger partial charge >= 0.3 is 0 Å². The normalized spacial score (nSPS) is 19.4. The van der Waals surface area contributed by atoms with Gasteiger partial charge in [-0.25, -0.2) is 0 Å². The van der Waals surface area contributed by atoms with Crippen LogP contribution in [-0.4, -0.2) is 34.1 Å². The van der Waals surface area contributed by atoms with E-state index in [0.717, 1.165) is 25.9 Å². The number of hydrogen-bond acceptors (Lipinski definition) is 6. The lowest BCUT2D eigenvalue weighted by Crippen LogP contribution is -2.31. The fraction of sp³-hybridized carbons (Fsp3) is 0.667. The third-order valence-corrected chi connectivity index (χ3v) is 3.27. The maximum atomic E-state index is 8.99. The molecule has 1 saturated carbocycles. The molecule has 1 aliphatic carbocycles. The van der Waals surface area contributed by atoms with Gasteiger partial charge in [-0.2, -0.15) is 20.2 Å². The molecule has 0 spiro atoms. The van der Waals surface area contributed by atoms with Crippen LogP contribution in [0.1, 0.15) is 37.9 Å². The Balaban J connectivity index is 1.84. The first-order valence-corrected chi connectivity index (χ1v) is 6.53. The number of rotatable bonds is 3. The maximum absolute atomic E-state index is 8.99. The minimum absolute atomic E-state index is 0.203. The van der Waals surface area contributed by atoms with Crippen molar-refractivity contribution in [3.63, 3.8) is 0 Å². The zero-order chi connectivity index (χ0) is 12.4. The number of anilines is 2. The fourth-order valence-corrected chi connectivity index (χ4v) is 2.12. The molecule has 18 heavy (non-hydrogen) atoms. The lowest BCUT2D eigenvalue weighted by Gasteiger charge is -2.26. The molecule has 2 aliphatic rings. The summed E-state index contributed by atoms with van der Waals surface area (Å²) in [5, 5.41) is 12.2. The zero-order valence-corrected chi connectivity index (χ0v) is 10.3. The topological polar surface area (TPSA) is 77.7 Å². The quantitative estimate of drug-likeness (QED) is 0.863. The molecule has 2 fully saturated rings. The Bertz CT molecular complexity index is 470. The summed E-state index contributed by atoms with van der Waals surface area (Å²) in [5.41, 5.74) is 0. The van der Waals surface area contributed by atoms with Crippen molar-refractivity contribution in [3.8, 4) is 6.07 Å². The van der Waals surface area contributed by atoms with Crippen LogP contribution >= 0.6 is 0 Å². The van der Waals surface area contributed by atoms with E-state index in [9.17, 15) is 0 Å². The van der Waals surface area contributed by atoms with Crippen molar-refractivity contribution in [2.45, 2.75) is 38.1 Å². The fourth-order valence-electron chi connectivity index (χ4n) is 2.12. The molecule has 1 saturated heterocycles. The van der Waals surface area contributed by atoms with Crippen molar-refractivity contribution in [3.05, 3.63) is 5.82 Å². The van der Waals surface area contributed by atoms with Crippen molar-refractivity contribution in [1.82, 2.24) is 15.0 Å². The van der Waals surface area contributed by atoms with Crippen molar-refractivity contribution in [2.75, 3.05) is 23.3 Å². The van der Waals surface area contributed by atoms with Crippen LogP contribution in [0.2, 0.25) is 0 Å². The number of piperidine rings is 1. The molecule has 0 bridgehead atoms. The number of nitriles is 1. The Labute approximate surface area is 106 Å². The Morgan fingerprint density at radius 1 is 1.11 bits per heavy atom. The largest absolute Gasteiger partial charge is 0.351 e. The summed E-state index contributed by atoms with van der Waals surface area (Å²) in [6.45, 7) is 1.94. The molecule has 0 unspecified atom stereocenters. The molecule has 1 aromatic heterocycles. The molecule has 6 nitrogen and oxygen atoms in total. The molecular formula is C12H16N6. The highest BCUT2D eigenvalue weighted by Crippen LogP contribution is 2.24. The van der Waals surface area contributed by atoms with Crippen molar-refractivity contribution >= 4 is 11.9 Å². The van der Waals surface area contributed by atoms with Gasteiger partial charge in [0, 0.05) is 19.1 Å². The standard InChI is InChI=1S/C12H16N6/c13-8-10-15-11(14-9-4-5-9)17-12(16-10)18-6-2-1-3-7-18/h9H,1-7H2,(H,14,15,16,17). The second-order valence-electron chi connectivity index (χ2n) is 4.86. The van der Waals surface area contributed by atoms with Crippen LogP contribution in [0, 0.1) is 11.3 Å². The summed E-state index contributed by atoms with van der Waals surface area (Å²) in [7, 11) is 0. The highest BCUT2D eigenvalue weighted by molar-refractivity contribution is 5.40. The molecule has 0 radical (unpaired) electrons. The van der Waals surface area contributed by atoms with E-state index in [1.807, 2.05) is 6.07 Å². The smallest absolute Gasteiger partial charge is 0.238 e. The molecule has 1 aliphatic heterocycles. The van der Waals surface area contributed by atoms with Gasteiger partial charge in [-0.05, 0) is 32.1 Å². The van der Waals surface area contributed by atoms with Gasteiger partial charge in [-0.15, -0.1) is 0 Å². The summed E-state index contributed by atoms with van der Waals surface area (Å²) < 4.78 is 0. The van der Waals surface area contributed by atoms with E-state index in [0.29, 0.717) is 17.9 Å². The Hall–Kier alpha value is -1.90. The van der Waals surface area contributed by atoms with E-state index in [2.05, 4.69) is 25.2 Å². The minimum atomic E-state index is 0.203. The van der Waals surface area contributed by atoms with Crippen molar-refractivity contribution < 1.29 is 0 Å². The molecule has 0 amide bonds. The number of nitrogens with one attached hydrogen (secondary N) is 1. The van der Waals surface area contributed by atoms with Gasteiger partial charge in [0.15, 0.2) is 0 Å². The molecular weight excluding hydrogens is 228 g/mol. The van der Waals surface area contributed by atoms with Crippen LogP contribution in [0.15, 0.2) is 0 Å². The maximum Gasteiger partial charge on any atom is 0.238 e. The van der Waals surface area contributed by atoms with E-state index in [1.165, 1.54) is 19.3 Å². The monoisotopic (exact) mass is 244 g/mol. The Morgan fingerprint density at radius 2 is 1.89 bits per heavy atom. The molecule has 1 N–H and O–H groups in total. The lowest BCUT2D eigenvalue weighted by molar-refractivity contribution is 0.567. The summed E-state index contributed by atoms with van der Waals surface area (Å²) >= 11 is 0. The molecule has 1 aromatic rings. The lowest BCUT2D eigenvalue weighted by atomic mass is 10.1. The molecule has 0 aromatic carbocycles. The first-order valence-electron chi connectivity index (χ1n) is 6.53. The van der Waals surface area contributed by atoms with Gasteiger partial charge < -0.3 is 10.2 Å². The molecule has 3 rings (SSSR count). The van der Waals surface area contributed by atoms with E-state index in [1.54, 1.807) is 0 Å².